The molecule has 164 valence electrons. The molecule has 0 fully saturated rings. The summed E-state index contributed by atoms with van der Waals surface area (Å²) in [6.07, 6.45) is 0. The van der Waals surface area contributed by atoms with Gasteiger partial charge in [-0.1, -0.05) is 30.3 Å². The third-order valence-corrected chi connectivity index (χ3v) is 4.43. The Bertz CT molecular complexity index is 1120. The van der Waals surface area contributed by atoms with Crippen LogP contribution in [0.2, 0.25) is 0 Å². The van der Waals surface area contributed by atoms with Gasteiger partial charge in [-0.05, 0) is 48.9 Å². The van der Waals surface area contributed by atoms with Gasteiger partial charge >= 0.3 is 6.61 Å². The highest BCUT2D eigenvalue weighted by atomic mass is 19.3. The Morgan fingerprint density at radius 1 is 1.06 bits per heavy atom. The number of benzene rings is 3. The van der Waals surface area contributed by atoms with Crippen LogP contribution in [0.1, 0.15) is 18.1 Å². The lowest BCUT2D eigenvalue weighted by molar-refractivity contribution is -0.116. The van der Waals surface area contributed by atoms with Gasteiger partial charge < -0.3 is 20.1 Å². The molecular weight excluding hydrogens is 416 g/mol. The first kappa shape index (κ1) is 22.6. The monoisotopic (exact) mass is 437 g/mol. The highest BCUT2D eigenvalue weighted by Gasteiger charge is 2.16. The van der Waals surface area contributed by atoms with Crippen molar-refractivity contribution in [2.45, 2.75) is 26.2 Å². The van der Waals surface area contributed by atoms with Crippen molar-refractivity contribution < 1.29 is 23.0 Å². The second kappa shape index (κ2) is 10.8. The second-order valence-corrected chi connectivity index (χ2v) is 6.86. The predicted octanol–water partition coefficient (Wildman–Crippen LogP) is 5.18. The van der Waals surface area contributed by atoms with Gasteiger partial charge in [-0.3, -0.25) is 4.79 Å². The molecule has 3 rings (SSSR count). The van der Waals surface area contributed by atoms with E-state index in [4.69, 9.17) is 10.00 Å². The molecule has 1 unspecified atom stereocenters. The number of nitrogens with zero attached hydrogens (tertiary/aromatic N) is 1. The number of nitriles is 1. The minimum absolute atomic E-state index is 0.112. The van der Waals surface area contributed by atoms with Crippen LogP contribution in [0.5, 0.6) is 11.5 Å². The van der Waals surface area contributed by atoms with E-state index >= 15 is 0 Å². The molecule has 3 aromatic carbocycles. The molecular formula is C24H21F2N3O3. The van der Waals surface area contributed by atoms with Crippen LogP contribution in [-0.2, 0) is 11.4 Å². The van der Waals surface area contributed by atoms with Gasteiger partial charge in [0.2, 0.25) is 5.91 Å². The molecule has 0 heterocycles. The van der Waals surface area contributed by atoms with Gasteiger partial charge in [-0.15, -0.1) is 0 Å². The molecule has 1 atom stereocenters. The second-order valence-electron chi connectivity index (χ2n) is 6.86. The summed E-state index contributed by atoms with van der Waals surface area (Å²) in [5, 5.41) is 14.6. The zero-order valence-corrected chi connectivity index (χ0v) is 17.2. The smallest absolute Gasteiger partial charge is 0.387 e. The standard InChI is InChI=1S/C24H21F2N3O3/c1-16(23(30)29-21-10-2-3-11-22(21)32-24(25)26)28-19-8-5-9-20(13-19)31-15-18-7-4-6-17(12-18)14-27/h2-13,16,24,28H,15H2,1H3,(H,29,30). The normalized spacial score (nSPS) is 11.3. The Hall–Kier alpha value is -4.12. The number of amides is 1. The fourth-order valence-corrected chi connectivity index (χ4v) is 2.90. The average Bonchev–Trinajstić information content (AvgIpc) is 2.79. The zero-order valence-electron chi connectivity index (χ0n) is 17.2. The number of rotatable bonds is 9. The number of hydrogen-bond donors (Lipinski definition) is 2. The van der Waals surface area contributed by atoms with E-state index in [-0.39, 0.29) is 18.0 Å². The number of nitrogens with one attached hydrogen (secondary N) is 2. The van der Waals surface area contributed by atoms with E-state index in [1.807, 2.05) is 6.07 Å². The molecule has 3 aromatic rings. The minimum atomic E-state index is -2.99. The van der Waals surface area contributed by atoms with Crippen molar-refractivity contribution in [1.82, 2.24) is 0 Å². The number of alkyl halides is 2. The van der Waals surface area contributed by atoms with Crippen molar-refractivity contribution in [2.75, 3.05) is 10.6 Å². The van der Waals surface area contributed by atoms with E-state index < -0.39 is 18.6 Å². The number of carbonyl (C=O) groups excluding carboxylic acids is 1. The minimum Gasteiger partial charge on any atom is -0.489 e. The molecule has 0 aromatic heterocycles. The van der Waals surface area contributed by atoms with Crippen molar-refractivity contribution in [3.63, 3.8) is 0 Å². The summed E-state index contributed by atoms with van der Waals surface area (Å²) in [7, 11) is 0. The highest BCUT2D eigenvalue weighted by molar-refractivity contribution is 5.97. The molecule has 0 bridgehead atoms. The van der Waals surface area contributed by atoms with Gasteiger partial charge in [-0.25, -0.2) is 0 Å². The van der Waals surface area contributed by atoms with Crippen LogP contribution in [0, 0.1) is 11.3 Å². The zero-order chi connectivity index (χ0) is 22.9. The van der Waals surface area contributed by atoms with E-state index in [2.05, 4.69) is 21.4 Å². The van der Waals surface area contributed by atoms with Crippen molar-refractivity contribution in [2.24, 2.45) is 0 Å². The van der Waals surface area contributed by atoms with Crippen LogP contribution in [-0.4, -0.2) is 18.6 Å². The van der Waals surface area contributed by atoms with Crippen LogP contribution < -0.4 is 20.1 Å². The first-order valence-electron chi connectivity index (χ1n) is 9.78. The summed E-state index contributed by atoms with van der Waals surface area (Å²) in [5.41, 5.74) is 2.22. The topological polar surface area (TPSA) is 83.4 Å². The van der Waals surface area contributed by atoms with Crippen LogP contribution in [0.15, 0.2) is 72.8 Å². The largest absolute Gasteiger partial charge is 0.489 e. The molecule has 6 nitrogen and oxygen atoms in total. The maximum absolute atomic E-state index is 12.6. The highest BCUT2D eigenvalue weighted by Crippen LogP contribution is 2.26. The summed E-state index contributed by atoms with van der Waals surface area (Å²) in [5.74, 6) is 0.0505. The van der Waals surface area contributed by atoms with Gasteiger partial charge in [0.25, 0.3) is 0 Å². The fourth-order valence-electron chi connectivity index (χ4n) is 2.90. The van der Waals surface area contributed by atoms with Gasteiger partial charge in [0, 0.05) is 11.8 Å². The fraction of sp³-hybridized carbons (Fsp3) is 0.167. The molecule has 0 saturated heterocycles. The Morgan fingerprint density at radius 3 is 2.62 bits per heavy atom. The van der Waals surface area contributed by atoms with Gasteiger partial charge in [0.05, 0.1) is 17.3 Å². The average molecular weight is 437 g/mol. The predicted molar refractivity (Wildman–Crippen MR) is 117 cm³/mol. The van der Waals surface area contributed by atoms with Gasteiger partial charge in [0.1, 0.15) is 24.1 Å². The maximum Gasteiger partial charge on any atom is 0.387 e. The quantitative estimate of drug-likeness (QED) is 0.482. The molecule has 0 radical (unpaired) electrons. The molecule has 1 amide bonds. The van der Waals surface area contributed by atoms with Crippen LogP contribution in [0.25, 0.3) is 0 Å². The first-order valence-corrected chi connectivity index (χ1v) is 9.78. The molecule has 0 aliphatic heterocycles. The van der Waals surface area contributed by atoms with E-state index in [0.29, 0.717) is 17.0 Å². The number of para-hydroxylation sites is 2. The summed E-state index contributed by atoms with van der Waals surface area (Å²) < 4.78 is 35.3. The van der Waals surface area contributed by atoms with Crippen molar-refractivity contribution in [3.8, 4) is 17.6 Å². The Morgan fingerprint density at radius 2 is 1.84 bits per heavy atom. The third kappa shape index (κ3) is 6.44. The summed E-state index contributed by atoms with van der Waals surface area (Å²) in [6.45, 7) is -1.06. The van der Waals surface area contributed by atoms with Crippen molar-refractivity contribution >= 4 is 17.3 Å². The van der Waals surface area contributed by atoms with E-state index in [1.54, 1.807) is 55.5 Å². The number of halogens is 2. The summed E-state index contributed by atoms with van der Waals surface area (Å²) in [4.78, 5) is 12.5. The molecule has 8 heteroatoms. The summed E-state index contributed by atoms with van der Waals surface area (Å²) >= 11 is 0. The molecule has 2 N–H and O–H groups in total. The number of carbonyl (C=O) groups is 1. The van der Waals surface area contributed by atoms with E-state index in [1.165, 1.54) is 18.2 Å². The number of anilines is 2. The molecule has 0 spiro atoms. The Kier molecular flexibility index (Phi) is 7.60. The van der Waals surface area contributed by atoms with Crippen molar-refractivity contribution in [3.05, 3.63) is 83.9 Å². The first-order chi connectivity index (χ1) is 15.4. The maximum atomic E-state index is 12.6. The van der Waals surface area contributed by atoms with Crippen molar-refractivity contribution in [1.29, 1.82) is 5.26 Å². The Balaban J connectivity index is 1.60. The molecule has 0 saturated carbocycles. The van der Waals surface area contributed by atoms with Crippen LogP contribution in [0.4, 0.5) is 20.2 Å². The summed E-state index contributed by atoms with van der Waals surface area (Å²) in [6, 6.07) is 21.6. The lowest BCUT2D eigenvalue weighted by Crippen LogP contribution is -2.32. The number of ether oxygens (including phenoxy) is 2. The van der Waals surface area contributed by atoms with E-state index in [0.717, 1.165) is 5.56 Å². The Labute approximate surface area is 184 Å². The van der Waals surface area contributed by atoms with Gasteiger partial charge in [0.15, 0.2) is 0 Å². The van der Waals surface area contributed by atoms with Crippen LogP contribution >= 0.6 is 0 Å². The molecule has 0 aliphatic rings. The van der Waals surface area contributed by atoms with E-state index in [9.17, 15) is 13.6 Å². The third-order valence-electron chi connectivity index (χ3n) is 4.43. The van der Waals surface area contributed by atoms with Crippen LogP contribution in [0.3, 0.4) is 0 Å². The molecule has 0 aliphatic carbocycles. The SMILES string of the molecule is CC(Nc1cccc(OCc2cccc(C#N)c2)c1)C(=O)Nc1ccccc1OC(F)F. The van der Waals surface area contributed by atoms with Gasteiger partial charge in [-0.2, -0.15) is 14.0 Å². The lowest BCUT2D eigenvalue weighted by atomic mass is 10.1. The molecule has 32 heavy (non-hydrogen) atoms. The number of hydrogen-bond acceptors (Lipinski definition) is 5. The lowest BCUT2D eigenvalue weighted by Gasteiger charge is -2.17.